The number of hydrogen-bond acceptors (Lipinski definition) is 6. The van der Waals surface area contributed by atoms with E-state index in [0.29, 0.717) is 33.0 Å². The molecule has 0 radical (unpaired) electrons. The van der Waals surface area contributed by atoms with Gasteiger partial charge in [0.2, 0.25) is 0 Å². The van der Waals surface area contributed by atoms with E-state index in [4.69, 9.17) is 9.47 Å². The van der Waals surface area contributed by atoms with Gasteiger partial charge >= 0.3 is 5.97 Å². The maximum atomic E-state index is 12.5. The molecule has 4 rings (SSSR count). The van der Waals surface area contributed by atoms with Crippen molar-refractivity contribution in [3.63, 3.8) is 0 Å². The number of nitriles is 1. The summed E-state index contributed by atoms with van der Waals surface area (Å²) in [6.07, 6.45) is 1.74. The van der Waals surface area contributed by atoms with Crippen molar-refractivity contribution < 1.29 is 14.3 Å². The Labute approximate surface area is 197 Å². The number of carbonyl (C=O) groups is 1. The van der Waals surface area contributed by atoms with Gasteiger partial charge in [-0.1, -0.05) is 30.3 Å². The van der Waals surface area contributed by atoms with Crippen LogP contribution < -0.4 is 9.47 Å². The lowest BCUT2D eigenvalue weighted by Crippen LogP contribution is -2.10. The van der Waals surface area contributed by atoms with Gasteiger partial charge in [-0.15, -0.1) is 11.3 Å². The summed E-state index contributed by atoms with van der Waals surface area (Å²) in [5, 5.41) is 10.4. The zero-order valence-corrected chi connectivity index (χ0v) is 19.4. The number of nitrogens with zero attached hydrogens (tertiary/aromatic N) is 2. The molecule has 1 aromatic heterocycles. The number of fused-ring (bicyclic) bond motifs is 1. The van der Waals surface area contributed by atoms with Crippen LogP contribution in [0, 0.1) is 11.3 Å². The third-order valence-corrected chi connectivity index (χ3v) is 6.15. The van der Waals surface area contributed by atoms with Crippen molar-refractivity contribution in [1.82, 2.24) is 4.98 Å². The van der Waals surface area contributed by atoms with E-state index >= 15 is 0 Å². The minimum absolute atomic E-state index is 0.288. The molecule has 0 spiro atoms. The monoisotopic (exact) mass is 504 g/mol. The quantitative estimate of drug-likeness (QED) is 0.165. The predicted molar refractivity (Wildman–Crippen MR) is 130 cm³/mol. The zero-order valence-electron chi connectivity index (χ0n) is 17.0. The Morgan fingerprint density at radius 1 is 1.16 bits per heavy atom. The summed E-state index contributed by atoms with van der Waals surface area (Å²) in [4.78, 5) is 17.1. The van der Waals surface area contributed by atoms with Gasteiger partial charge in [0.15, 0.2) is 11.5 Å². The maximum Gasteiger partial charge on any atom is 0.343 e. The molecule has 0 unspecified atom stereocenters. The highest BCUT2D eigenvalue weighted by Gasteiger charge is 2.18. The van der Waals surface area contributed by atoms with E-state index in [1.807, 2.05) is 37.3 Å². The minimum atomic E-state index is -0.484. The lowest BCUT2D eigenvalue weighted by Gasteiger charge is -2.13. The number of rotatable bonds is 6. The Kier molecular flexibility index (Phi) is 6.64. The van der Waals surface area contributed by atoms with Gasteiger partial charge in [0.1, 0.15) is 11.1 Å². The topological polar surface area (TPSA) is 72.2 Å². The van der Waals surface area contributed by atoms with Crippen LogP contribution in [0.4, 0.5) is 0 Å². The number of allylic oxidation sites excluding steroid dienone is 1. The molecule has 4 aromatic rings. The second kappa shape index (κ2) is 9.77. The number of carbonyl (C=O) groups excluding carboxylic acids is 1. The first-order chi connectivity index (χ1) is 15.6. The van der Waals surface area contributed by atoms with Crippen molar-refractivity contribution in [2.75, 3.05) is 6.61 Å². The molecular formula is C25H17BrN2O3S. The molecule has 7 heteroatoms. The second-order valence-corrected chi connectivity index (χ2v) is 8.56. The molecule has 3 aromatic carbocycles. The summed E-state index contributed by atoms with van der Waals surface area (Å²) in [5.41, 5.74) is 2.45. The van der Waals surface area contributed by atoms with E-state index < -0.39 is 5.97 Å². The summed E-state index contributed by atoms with van der Waals surface area (Å²) in [6.45, 7) is 2.24. The normalized spacial score (nSPS) is 11.2. The molecule has 0 amide bonds. The van der Waals surface area contributed by atoms with Crippen LogP contribution in [0.1, 0.15) is 27.9 Å². The SMILES string of the molecule is CCOc1cc(C=C(C#N)c2nc3ccccc3s2)cc(Br)c1OC(=O)c1ccccc1. The molecule has 0 saturated heterocycles. The van der Waals surface area contributed by atoms with Gasteiger partial charge in [-0.25, -0.2) is 9.78 Å². The fourth-order valence-electron chi connectivity index (χ4n) is 3.06. The van der Waals surface area contributed by atoms with Crippen molar-refractivity contribution in [2.45, 2.75) is 6.92 Å². The molecule has 0 bridgehead atoms. The van der Waals surface area contributed by atoms with Gasteiger partial charge in [0, 0.05) is 0 Å². The third-order valence-electron chi connectivity index (χ3n) is 4.49. The Morgan fingerprint density at radius 2 is 1.91 bits per heavy atom. The second-order valence-electron chi connectivity index (χ2n) is 6.68. The number of hydrogen-bond donors (Lipinski definition) is 0. The van der Waals surface area contributed by atoms with Crippen LogP contribution in [0.25, 0.3) is 21.9 Å². The Bertz CT molecular complexity index is 1320. The third kappa shape index (κ3) is 4.72. The van der Waals surface area contributed by atoms with E-state index in [9.17, 15) is 10.1 Å². The lowest BCUT2D eigenvalue weighted by molar-refractivity contribution is 0.0727. The highest BCUT2D eigenvalue weighted by molar-refractivity contribution is 9.10. The summed E-state index contributed by atoms with van der Waals surface area (Å²) in [6, 6.07) is 22.3. The average molecular weight is 505 g/mol. The summed E-state index contributed by atoms with van der Waals surface area (Å²) >= 11 is 4.95. The zero-order chi connectivity index (χ0) is 22.5. The van der Waals surface area contributed by atoms with E-state index in [1.54, 1.807) is 42.5 Å². The van der Waals surface area contributed by atoms with Crippen LogP contribution >= 0.6 is 27.3 Å². The molecule has 5 nitrogen and oxygen atoms in total. The number of thiazole rings is 1. The molecule has 158 valence electrons. The number of benzene rings is 3. The summed E-state index contributed by atoms with van der Waals surface area (Å²) in [7, 11) is 0. The molecule has 0 fully saturated rings. The van der Waals surface area contributed by atoms with Crippen molar-refractivity contribution in [1.29, 1.82) is 5.26 Å². The molecule has 0 saturated carbocycles. The number of esters is 1. The largest absolute Gasteiger partial charge is 0.490 e. The Balaban J connectivity index is 1.70. The van der Waals surface area contributed by atoms with E-state index in [1.165, 1.54) is 11.3 Å². The van der Waals surface area contributed by atoms with Crippen LogP contribution in [0.3, 0.4) is 0 Å². The molecule has 0 aliphatic heterocycles. The molecule has 1 heterocycles. The summed E-state index contributed by atoms with van der Waals surface area (Å²) < 4.78 is 12.9. The van der Waals surface area contributed by atoms with Gasteiger partial charge in [-0.05, 0) is 70.9 Å². The van der Waals surface area contributed by atoms with Crippen LogP contribution in [0.2, 0.25) is 0 Å². The minimum Gasteiger partial charge on any atom is -0.490 e. The van der Waals surface area contributed by atoms with E-state index in [2.05, 4.69) is 27.0 Å². The number of halogens is 1. The first-order valence-corrected chi connectivity index (χ1v) is 11.4. The Morgan fingerprint density at radius 3 is 2.62 bits per heavy atom. The molecule has 0 atom stereocenters. The smallest absolute Gasteiger partial charge is 0.343 e. The number of aromatic nitrogens is 1. The highest BCUT2D eigenvalue weighted by Crippen LogP contribution is 2.39. The van der Waals surface area contributed by atoms with Gasteiger partial charge in [0.25, 0.3) is 0 Å². The maximum absolute atomic E-state index is 12.5. The first kappa shape index (κ1) is 21.8. The first-order valence-electron chi connectivity index (χ1n) is 9.80. The average Bonchev–Trinajstić information content (AvgIpc) is 3.24. The Hall–Kier alpha value is -3.47. The number of ether oxygens (including phenoxy) is 2. The molecule has 0 N–H and O–H groups in total. The van der Waals surface area contributed by atoms with Gasteiger partial charge in [-0.2, -0.15) is 5.26 Å². The fourth-order valence-corrected chi connectivity index (χ4v) is 4.53. The summed E-state index contributed by atoms with van der Waals surface area (Å²) in [5.74, 6) is 0.207. The van der Waals surface area contributed by atoms with Crippen LogP contribution in [-0.2, 0) is 0 Å². The van der Waals surface area contributed by atoms with Crippen molar-refractivity contribution in [3.05, 3.63) is 87.3 Å². The van der Waals surface area contributed by atoms with Crippen LogP contribution in [0.5, 0.6) is 11.5 Å². The van der Waals surface area contributed by atoms with E-state index in [-0.39, 0.29) is 5.75 Å². The predicted octanol–water partition coefficient (Wildman–Crippen LogP) is 6.74. The molecule has 0 aliphatic rings. The van der Waals surface area contributed by atoms with Crippen LogP contribution in [-0.4, -0.2) is 17.6 Å². The van der Waals surface area contributed by atoms with E-state index in [0.717, 1.165) is 15.8 Å². The van der Waals surface area contributed by atoms with Crippen LogP contribution in [0.15, 0.2) is 71.2 Å². The lowest BCUT2D eigenvalue weighted by atomic mass is 10.1. The van der Waals surface area contributed by atoms with Crippen molar-refractivity contribution >= 4 is 55.1 Å². The van der Waals surface area contributed by atoms with Gasteiger partial charge in [0.05, 0.1) is 32.4 Å². The van der Waals surface area contributed by atoms with Crippen molar-refractivity contribution in [3.8, 4) is 17.6 Å². The molecule has 0 aliphatic carbocycles. The number of para-hydroxylation sites is 1. The fraction of sp³-hybridized carbons (Fsp3) is 0.0800. The molecule has 32 heavy (non-hydrogen) atoms. The standard InChI is InChI=1S/C25H17BrN2O3S/c1-2-30-21-14-16(12-18(15-27)24-28-20-10-6-7-11-22(20)32-24)13-19(26)23(21)31-25(29)17-8-4-3-5-9-17/h3-14H,2H2,1H3. The van der Waals surface area contributed by atoms with Gasteiger partial charge < -0.3 is 9.47 Å². The van der Waals surface area contributed by atoms with Gasteiger partial charge in [-0.3, -0.25) is 0 Å². The molecular weight excluding hydrogens is 488 g/mol. The van der Waals surface area contributed by atoms with Crippen molar-refractivity contribution in [2.24, 2.45) is 0 Å². The highest BCUT2D eigenvalue weighted by atomic mass is 79.9.